The average molecular weight is 558 g/mol. The molecule has 14 nitrogen and oxygen atoms in total. The second-order valence-corrected chi connectivity index (χ2v) is 10.2. The number of allylic oxidation sites excluding steroid dienone is 2. The number of nitrogens with one attached hydrogen (secondary N) is 1. The number of phenols is 2. The van der Waals surface area contributed by atoms with Gasteiger partial charge >= 0.3 is 5.97 Å². The van der Waals surface area contributed by atoms with Crippen LogP contribution in [0.15, 0.2) is 52.4 Å². The Kier molecular flexibility index (Phi) is 6.41. The predicted octanol–water partition coefficient (Wildman–Crippen LogP) is 0.660. The van der Waals surface area contributed by atoms with Gasteiger partial charge in [0.15, 0.2) is 22.3 Å². The van der Waals surface area contributed by atoms with Crippen LogP contribution in [-0.4, -0.2) is 80.6 Å². The molecule has 1 saturated heterocycles. The molecule has 0 saturated carbocycles. The number of nitrogens with two attached hydrogens (primary N) is 1. The topological polar surface area (TPSA) is 216 Å². The number of oxime groups is 1. The van der Waals surface area contributed by atoms with E-state index in [1.807, 2.05) is 0 Å². The molecular formula is C22H19N7O7S2. The molecule has 3 aromatic rings. The number of nitrogens with zero attached hydrogens (tertiary/aromatic N) is 5. The lowest BCUT2D eigenvalue weighted by Crippen LogP contribution is -2.71. The normalized spacial score (nSPS) is 19.6. The summed E-state index contributed by atoms with van der Waals surface area (Å²) in [6.45, 7) is 0.280. The Hall–Kier alpha value is -4.57. The van der Waals surface area contributed by atoms with Gasteiger partial charge in [-0.1, -0.05) is 17.3 Å². The van der Waals surface area contributed by atoms with Gasteiger partial charge in [-0.25, -0.2) is 14.8 Å². The fourth-order valence-corrected chi connectivity index (χ4v) is 5.99. The molecule has 0 unspecified atom stereocenters. The van der Waals surface area contributed by atoms with Crippen LogP contribution >= 0.6 is 23.1 Å². The van der Waals surface area contributed by atoms with Crippen LogP contribution in [0.4, 0.5) is 5.13 Å². The van der Waals surface area contributed by atoms with Crippen LogP contribution in [-0.2, 0) is 20.9 Å². The van der Waals surface area contributed by atoms with E-state index in [0.717, 1.165) is 16.2 Å². The summed E-state index contributed by atoms with van der Waals surface area (Å²) in [5, 5.41) is 44.9. The molecule has 16 heteroatoms. The molecule has 2 aromatic heterocycles. The van der Waals surface area contributed by atoms with Crippen molar-refractivity contribution in [1.29, 1.82) is 0 Å². The number of anilines is 1. The third kappa shape index (κ3) is 4.28. The molecule has 0 spiro atoms. The second kappa shape index (κ2) is 9.71. The number of benzene rings is 1. The van der Waals surface area contributed by atoms with E-state index in [1.54, 1.807) is 16.7 Å². The number of amides is 2. The number of thioether (sulfide) groups is 1. The Bertz CT molecular complexity index is 1570. The van der Waals surface area contributed by atoms with Gasteiger partial charge in [0.2, 0.25) is 0 Å². The number of hydrogen-bond donors (Lipinski definition) is 6. The van der Waals surface area contributed by atoms with Crippen LogP contribution in [0, 0.1) is 0 Å². The summed E-state index contributed by atoms with van der Waals surface area (Å²) in [4.78, 5) is 46.8. The van der Waals surface area contributed by atoms with Crippen molar-refractivity contribution in [3.8, 4) is 11.5 Å². The maximum atomic E-state index is 12.9. The largest absolute Gasteiger partial charge is 0.504 e. The zero-order chi connectivity index (χ0) is 27.1. The van der Waals surface area contributed by atoms with E-state index in [9.17, 15) is 34.9 Å². The monoisotopic (exact) mass is 557 g/mol. The number of phenolic OH excluding ortho intramolecular Hbond substituents is 2. The number of rotatable bonds is 7. The predicted molar refractivity (Wildman–Crippen MR) is 137 cm³/mol. The van der Waals surface area contributed by atoms with Crippen molar-refractivity contribution in [2.75, 3.05) is 11.5 Å². The minimum atomic E-state index is -1.29. The van der Waals surface area contributed by atoms with Crippen molar-refractivity contribution in [2.45, 2.75) is 18.0 Å². The van der Waals surface area contributed by atoms with Crippen LogP contribution in [0.3, 0.4) is 0 Å². The Morgan fingerprint density at radius 3 is 2.74 bits per heavy atom. The lowest BCUT2D eigenvalue weighted by molar-refractivity contribution is -0.150. The number of carboxylic acid groups (broad SMARTS) is 1. The van der Waals surface area contributed by atoms with Crippen LogP contribution in [0.1, 0.15) is 5.69 Å². The molecule has 2 aliphatic heterocycles. The summed E-state index contributed by atoms with van der Waals surface area (Å²) in [7, 11) is 0. The summed E-state index contributed by atoms with van der Waals surface area (Å²) >= 11 is 2.32. The van der Waals surface area contributed by atoms with Gasteiger partial charge in [-0.2, -0.15) is 0 Å². The third-order valence-corrected chi connectivity index (χ3v) is 7.88. The molecule has 196 valence electrons. The number of thiazole rings is 1. The van der Waals surface area contributed by atoms with E-state index in [1.165, 1.54) is 35.6 Å². The number of fused-ring (bicyclic) bond motifs is 2. The molecule has 0 radical (unpaired) electrons. The Balaban J connectivity index is 1.32. The highest BCUT2D eigenvalue weighted by Gasteiger charge is 2.54. The number of aromatic nitrogens is 3. The molecule has 7 N–H and O–H groups in total. The Labute approximate surface area is 221 Å². The van der Waals surface area contributed by atoms with Crippen LogP contribution < -0.4 is 11.1 Å². The number of hydrogen-bond acceptors (Lipinski definition) is 12. The van der Waals surface area contributed by atoms with E-state index >= 15 is 0 Å². The van der Waals surface area contributed by atoms with Gasteiger partial charge in [-0.3, -0.25) is 14.5 Å². The highest BCUT2D eigenvalue weighted by molar-refractivity contribution is 8.00. The van der Waals surface area contributed by atoms with E-state index in [0.29, 0.717) is 16.6 Å². The molecule has 0 bridgehead atoms. The zero-order valence-corrected chi connectivity index (χ0v) is 20.8. The number of aliphatic carboxylic acids is 1. The van der Waals surface area contributed by atoms with E-state index in [4.69, 9.17) is 5.73 Å². The van der Waals surface area contributed by atoms with Gasteiger partial charge in [-0.15, -0.1) is 23.1 Å². The number of β-lactam (4-membered cyclic amide) rings is 1. The van der Waals surface area contributed by atoms with Gasteiger partial charge in [-0.05, 0) is 5.57 Å². The van der Waals surface area contributed by atoms with Crippen LogP contribution in [0.25, 0.3) is 11.0 Å². The van der Waals surface area contributed by atoms with Gasteiger partial charge < -0.3 is 36.1 Å². The fourth-order valence-electron chi connectivity index (χ4n) is 4.13. The number of carbonyl (C=O) groups is 3. The van der Waals surface area contributed by atoms with Crippen molar-refractivity contribution in [1.82, 2.24) is 24.8 Å². The highest BCUT2D eigenvalue weighted by Crippen LogP contribution is 2.40. The number of aromatic hydroxyl groups is 2. The number of carbonyl (C=O) groups excluding carboxylic acids is 2. The van der Waals surface area contributed by atoms with E-state index < -0.39 is 34.9 Å². The average Bonchev–Trinajstić information content (AvgIpc) is 3.48. The zero-order valence-electron chi connectivity index (χ0n) is 19.2. The highest BCUT2D eigenvalue weighted by atomic mass is 32.2. The number of nitrogen functional groups attached to an aromatic ring is 1. The van der Waals surface area contributed by atoms with Crippen molar-refractivity contribution in [2.24, 2.45) is 5.16 Å². The van der Waals surface area contributed by atoms with Gasteiger partial charge in [0.25, 0.3) is 11.8 Å². The first kappa shape index (κ1) is 25.1. The first-order chi connectivity index (χ1) is 18.2. The van der Waals surface area contributed by atoms with Crippen molar-refractivity contribution >= 4 is 62.8 Å². The molecule has 1 aromatic carbocycles. The molecule has 0 aliphatic carbocycles. The molecule has 2 amide bonds. The van der Waals surface area contributed by atoms with Gasteiger partial charge in [0.1, 0.15) is 22.8 Å². The van der Waals surface area contributed by atoms with Crippen molar-refractivity contribution in [3.05, 3.63) is 53.0 Å². The minimum Gasteiger partial charge on any atom is -0.504 e. The molecule has 2 atom stereocenters. The van der Waals surface area contributed by atoms with E-state index in [-0.39, 0.29) is 40.3 Å². The van der Waals surface area contributed by atoms with Gasteiger partial charge in [0, 0.05) is 29.8 Å². The molecule has 1 fully saturated rings. The van der Waals surface area contributed by atoms with Crippen molar-refractivity contribution in [3.63, 3.8) is 0 Å². The molecule has 5 rings (SSSR count). The SMILES string of the molecule is Nc1nc(/C(=N/O)C(=O)N[C@@H]2C(=O)N3C(C(=O)O)=C(/C=C/Cn4cnc5cc(O)c(O)cc54)CS[C@H]23)cs1. The lowest BCUT2D eigenvalue weighted by atomic mass is 10.0. The van der Waals surface area contributed by atoms with E-state index in [2.05, 4.69) is 20.4 Å². The second-order valence-electron chi connectivity index (χ2n) is 8.19. The third-order valence-electron chi connectivity index (χ3n) is 5.91. The maximum Gasteiger partial charge on any atom is 0.352 e. The molecule has 2 aliphatic rings. The summed E-state index contributed by atoms with van der Waals surface area (Å²) in [6.07, 6.45) is 4.81. The lowest BCUT2D eigenvalue weighted by Gasteiger charge is -2.49. The summed E-state index contributed by atoms with van der Waals surface area (Å²) < 4.78 is 1.70. The standard InChI is InChI=1S/C22H19N7O7S2/c23-22-25-11(7-38-22)15(27-36)18(32)26-16-19(33)29-17(21(34)35)9(6-37-20(16)29)2-1-3-28-8-24-10-4-13(30)14(31)5-12(10)28/h1-2,4-5,7-8,16,20,30-31,36H,3,6H2,(H2,23,25)(H,26,32)(H,34,35)/b2-1+,27-15-/t16-,20-/m1/s1. The smallest absolute Gasteiger partial charge is 0.352 e. The quantitative estimate of drug-likeness (QED) is 0.0779. The van der Waals surface area contributed by atoms with Gasteiger partial charge in [0.05, 0.1) is 17.4 Å². The van der Waals surface area contributed by atoms with Crippen molar-refractivity contribution < 1.29 is 34.9 Å². The minimum absolute atomic E-state index is 0.0451. The molecule has 4 heterocycles. The fraction of sp³-hybridized carbons (Fsp3) is 0.182. The number of carboxylic acids is 1. The van der Waals surface area contributed by atoms with Crippen LogP contribution in [0.5, 0.6) is 11.5 Å². The number of imidazole rings is 1. The first-order valence-corrected chi connectivity index (χ1v) is 12.8. The Morgan fingerprint density at radius 2 is 2.05 bits per heavy atom. The Morgan fingerprint density at radius 1 is 1.29 bits per heavy atom. The molecular weight excluding hydrogens is 538 g/mol. The summed E-state index contributed by atoms with van der Waals surface area (Å²) in [5.74, 6) is -3.09. The molecule has 38 heavy (non-hydrogen) atoms. The van der Waals surface area contributed by atoms with Crippen LogP contribution in [0.2, 0.25) is 0 Å². The first-order valence-electron chi connectivity index (χ1n) is 10.9. The summed E-state index contributed by atoms with van der Waals surface area (Å²) in [5.41, 5.74) is 6.44. The summed E-state index contributed by atoms with van der Waals surface area (Å²) in [6, 6.07) is 1.68. The maximum absolute atomic E-state index is 12.9.